The Kier molecular flexibility index (Phi) is 4.33. The molecule has 0 amide bonds. The third-order valence-electron chi connectivity index (χ3n) is 4.05. The summed E-state index contributed by atoms with van der Waals surface area (Å²) in [5.41, 5.74) is 2.42. The van der Waals surface area contributed by atoms with Crippen molar-refractivity contribution < 1.29 is 4.74 Å². The van der Waals surface area contributed by atoms with Gasteiger partial charge >= 0.3 is 0 Å². The number of hydrogen-bond acceptors (Lipinski definition) is 3. The standard InChI is InChI=1S/C16H23N3O/c1-2-17-11-15-14-5-3-4-6-16(14)19(18-15)12-13-7-9-20-10-8-13/h3-6,13,17H,2,7-12H2,1H3. The molecule has 0 spiro atoms. The van der Waals surface area contributed by atoms with Crippen molar-refractivity contribution in [3.05, 3.63) is 30.0 Å². The number of nitrogens with one attached hydrogen (secondary N) is 1. The number of nitrogens with zero attached hydrogens (tertiary/aromatic N) is 2. The predicted molar refractivity (Wildman–Crippen MR) is 80.7 cm³/mol. The molecule has 0 aliphatic carbocycles. The van der Waals surface area contributed by atoms with E-state index in [9.17, 15) is 0 Å². The Bertz CT molecular complexity index is 558. The first kappa shape index (κ1) is 13.6. The number of para-hydroxylation sites is 1. The highest BCUT2D eigenvalue weighted by atomic mass is 16.5. The predicted octanol–water partition coefficient (Wildman–Crippen LogP) is 2.57. The molecule has 108 valence electrons. The minimum atomic E-state index is 0.694. The van der Waals surface area contributed by atoms with Crippen LogP contribution in [0.25, 0.3) is 10.9 Å². The molecule has 1 aliphatic heterocycles. The first-order valence-corrected chi connectivity index (χ1v) is 7.61. The molecule has 4 heteroatoms. The topological polar surface area (TPSA) is 39.1 Å². The number of ether oxygens (including phenoxy) is 1. The van der Waals surface area contributed by atoms with Gasteiger partial charge < -0.3 is 10.1 Å². The lowest BCUT2D eigenvalue weighted by atomic mass is 10.0. The van der Waals surface area contributed by atoms with Crippen molar-refractivity contribution in [3.63, 3.8) is 0 Å². The van der Waals surface area contributed by atoms with Crippen LogP contribution in [0.4, 0.5) is 0 Å². The fourth-order valence-electron chi connectivity index (χ4n) is 2.88. The zero-order valence-corrected chi connectivity index (χ0v) is 12.1. The highest BCUT2D eigenvalue weighted by Gasteiger charge is 2.17. The first-order valence-electron chi connectivity index (χ1n) is 7.61. The summed E-state index contributed by atoms with van der Waals surface area (Å²) in [6, 6.07) is 8.55. The lowest BCUT2D eigenvalue weighted by Gasteiger charge is -2.22. The molecule has 0 radical (unpaired) electrons. The summed E-state index contributed by atoms with van der Waals surface area (Å²) >= 11 is 0. The molecule has 0 bridgehead atoms. The molecule has 2 aromatic rings. The van der Waals surface area contributed by atoms with Gasteiger partial charge in [-0.15, -0.1) is 0 Å². The van der Waals surface area contributed by atoms with Gasteiger partial charge in [-0.2, -0.15) is 5.10 Å². The second kappa shape index (κ2) is 6.37. The van der Waals surface area contributed by atoms with Crippen molar-refractivity contribution in [2.24, 2.45) is 5.92 Å². The normalized spacial score (nSPS) is 16.9. The Morgan fingerprint density at radius 2 is 2.10 bits per heavy atom. The minimum absolute atomic E-state index is 0.694. The molecule has 20 heavy (non-hydrogen) atoms. The monoisotopic (exact) mass is 273 g/mol. The lowest BCUT2D eigenvalue weighted by molar-refractivity contribution is 0.0605. The summed E-state index contributed by atoms with van der Waals surface area (Å²) in [6.07, 6.45) is 2.30. The first-order chi connectivity index (χ1) is 9.88. The summed E-state index contributed by atoms with van der Waals surface area (Å²) in [7, 11) is 0. The highest BCUT2D eigenvalue weighted by Crippen LogP contribution is 2.22. The maximum atomic E-state index is 5.44. The Labute approximate surface area is 120 Å². The molecule has 0 saturated carbocycles. The Balaban J connectivity index is 1.85. The third-order valence-corrected chi connectivity index (χ3v) is 4.05. The van der Waals surface area contributed by atoms with Gasteiger partial charge in [0, 0.05) is 31.7 Å². The zero-order chi connectivity index (χ0) is 13.8. The van der Waals surface area contributed by atoms with Gasteiger partial charge in [0.05, 0.1) is 11.2 Å². The maximum Gasteiger partial charge on any atom is 0.0841 e. The van der Waals surface area contributed by atoms with Crippen molar-refractivity contribution in [2.45, 2.75) is 32.9 Å². The summed E-state index contributed by atoms with van der Waals surface area (Å²) in [4.78, 5) is 0. The molecule has 3 rings (SSSR count). The molecule has 0 atom stereocenters. The van der Waals surface area contributed by atoms with Gasteiger partial charge in [0.25, 0.3) is 0 Å². The highest BCUT2D eigenvalue weighted by molar-refractivity contribution is 5.81. The second-order valence-electron chi connectivity index (χ2n) is 5.48. The molecule has 1 fully saturated rings. The largest absolute Gasteiger partial charge is 0.381 e. The molecule has 4 nitrogen and oxygen atoms in total. The zero-order valence-electron chi connectivity index (χ0n) is 12.1. The van der Waals surface area contributed by atoms with Crippen LogP contribution < -0.4 is 5.32 Å². The number of hydrogen-bond donors (Lipinski definition) is 1. The molecule has 1 aromatic heterocycles. The van der Waals surface area contributed by atoms with E-state index in [0.717, 1.165) is 51.4 Å². The quantitative estimate of drug-likeness (QED) is 0.910. The summed E-state index contributed by atoms with van der Waals surface area (Å²) in [6.45, 7) is 6.75. The number of benzene rings is 1. The van der Waals surface area contributed by atoms with Crippen LogP contribution in [-0.4, -0.2) is 29.5 Å². The van der Waals surface area contributed by atoms with Crippen LogP contribution in [-0.2, 0) is 17.8 Å². The van der Waals surface area contributed by atoms with E-state index in [0.29, 0.717) is 5.92 Å². The van der Waals surface area contributed by atoms with Crippen LogP contribution in [0, 0.1) is 5.92 Å². The SMILES string of the molecule is CCNCc1nn(CC2CCOCC2)c2ccccc12. The van der Waals surface area contributed by atoms with Gasteiger partial charge in [-0.3, -0.25) is 4.68 Å². The smallest absolute Gasteiger partial charge is 0.0841 e. The maximum absolute atomic E-state index is 5.44. The van der Waals surface area contributed by atoms with Crippen LogP contribution >= 0.6 is 0 Å². The van der Waals surface area contributed by atoms with E-state index in [4.69, 9.17) is 9.84 Å². The molecule has 1 aromatic carbocycles. The van der Waals surface area contributed by atoms with Gasteiger partial charge in [0.15, 0.2) is 0 Å². The van der Waals surface area contributed by atoms with E-state index >= 15 is 0 Å². The molecular formula is C16H23N3O. The van der Waals surface area contributed by atoms with Gasteiger partial charge in [0.1, 0.15) is 0 Å². The van der Waals surface area contributed by atoms with Crippen LogP contribution in [0.5, 0.6) is 0 Å². The fraction of sp³-hybridized carbons (Fsp3) is 0.562. The number of aromatic nitrogens is 2. The summed E-state index contributed by atoms with van der Waals surface area (Å²) in [5, 5.41) is 9.49. The van der Waals surface area contributed by atoms with Crippen LogP contribution in [0.1, 0.15) is 25.5 Å². The average molecular weight is 273 g/mol. The second-order valence-corrected chi connectivity index (χ2v) is 5.48. The van der Waals surface area contributed by atoms with Crippen LogP contribution in [0.3, 0.4) is 0 Å². The molecular weight excluding hydrogens is 250 g/mol. The van der Waals surface area contributed by atoms with E-state index in [1.54, 1.807) is 0 Å². The van der Waals surface area contributed by atoms with E-state index < -0.39 is 0 Å². The Morgan fingerprint density at radius 1 is 1.30 bits per heavy atom. The Morgan fingerprint density at radius 3 is 2.90 bits per heavy atom. The lowest BCUT2D eigenvalue weighted by Crippen LogP contribution is -2.21. The van der Waals surface area contributed by atoms with Crippen molar-refractivity contribution >= 4 is 10.9 Å². The van der Waals surface area contributed by atoms with Gasteiger partial charge in [-0.25, -0.2) is 0 Å². The van der Waals surface area contributed by atoms with E-state index in [2.05, 4.69) is 41.2 Å². The van der Waals surface area contributed by atoms with Crippen molar-refractivity contribution in [1.29, 1.82) is 0 Å². The van der Waals surface area contributed by atoms with E-state index in [1.165, 1.54) is 10.9 Å². The molecule has 2 heterocycles. The van der Waals surface area contributed by atoms with Gasteiger partial charge in [0.2, 0.25) is 0 Å². The average Bonchev–Trinajstić information content (AvgIpc) is 2.85. The Hall–Kier alpha value is -1.39. The molecule has 1 saturated heterocycles. The molecule has 1 aliphatic rings. The fourth-order valence-corrected chi connectivity index (χ4v) is 2.88. The van der Waals surface area contributed by atoms with E-state index in [1.807, 2.05) is 0 Å². The van der Waals surface area contributed by atoms with Crippen molar-refractivity contribution in [3.8, 4) is 0 Å². The summed E-state index contributed by atoms with van der Waals surface area (Å²) < 4.78 is 7.64. The van der Waals surface area contributed by atoms with Crippen LogP contribution in [0.2, 0.25) is 0 Å². The van der Waals surface area contributed by atoms with Crippen molar-refractivity contribution in [1.82, 2.24) is 15.1 Å². The van der Waals surface area contributed by atoms with Gasteiger partial charge in [-0.05, 0) is 31.4 Å². The molecule has 1 N–H and O–H groups in total. The third kappa shape index (κ3) is 2.86. The summed E-state index contributed by atoms with van der Waals surface area (Å²) in [5.74, 6) is 0.694. The van der Waals surface area contributed by atoms with E-state index in [-0.39, 0.29) is 0 Å². The van der Waals surface area contributed by atoms with Crippen molar-refractivity contribution in [2.75, 3.05) is 19.8 Å². The molecule has 0 unspecified atom stereocenters. The number of fused-ring (bicyclic) bond motifs is 1. The minimum Gasteiger partial charge on any atom is -0.381 e. The van der Waals surface area contributed by atoms with Gasteiger partial charge in [-0.1, -0.05) is 25.1 Å². The number of rotatable bonds is 5. The van der Waals surface area contributed by atoms with Crippen LogP contribution in [0.15, 0.2) is 24.3 Å².